The highest BCUT2D eigenvalue weighted by molar-refractivity contribution is 7.47. The van der Waals surface area contributed by atoms with Crippen LogP contribution in [0, 0.1) is 0 Å². The average molecular weight is 749 g/mol. The number of hydrogen-bond donors (Lipinski definition) is 1. The van der Waals surface area contributed by atoms with E-state index in [1.165, 1.54) is 154 Å². The highest BCUT2D eigenvalue weighted by atomic mass is 31.2. The molecule has 0 saturated carbocycles. The van der Waals surface area contributed by atoms with E-state index in [0.717, 1.165) is 32.1 Å². The zero-order valence-corrected chi connectivity index (χ0v) is 35.5. The van der Waals surface area contributed by atoms with Crippen LogP contribution in [0.2, 0.25) is 0 Å². The van der Waals surface area contributed by atoms with Crippen molar-refractivity contribution in [2.75, 3.05) is 54.1 Å². The Labute approximate surface area is 317 Å². The van der Waals surface area contributed by atoms with E-state index >= 15 is 0 Å². The Kier molecular flexibility index (Phi) is 36.1. The van der Waals surface area contributed by atoms with Gasteiger partial charge in [-0.05, 0) is 12.8 Å². The van der Waals surface area contributed by atoms with Crippen LogP contribution in [0.25, 0.3) is 0 Å². The van der Waals surface area contributed by atoms with Gasteiger partial charge in [-0.3, -0.25) is 13.8 Å². The van der Waals surface area contributed by atoms with Crippen molar-refractivity contribution < 1.29 is 37.3 Å². The van der Waals surface area contributed by atoms with Gasteiger partial charge in [0.2, 0.25) is 0 Å². The van der Waals surface area contributed by atoms with E-state index in [9.17, 15) is 14.3 Å². The van der Waals surface area contributed by atoms with Crippen molar-refractivity contribution in [3.63, 3.8) is 0 Å². The number of likely N-dealkylation sites (N-methyl/N-ethyl adjacent to an activating group) is 1. The summed E-state index contributed by atoms with van der Waals surface area (Å²) in [4.78, 5) is 22.8. The molecule has 8 nitrogen and oxygen atoms in total. The number of phosphoric acid groups is 1. The van der Waals surface area contributed by atoms with E-state index in [0.29, 0.717) is 24.1 Å². The van der Waals surface area contributed by atoms with Crippen LogP contribution in [-0.2, 0) is 27.9 Å². The van der Waals surface area contributed by atoms with Gasteiger partial charge in [-0.15, -0.1) is 0 Å². The topological polar surface area (TPSA) is 91.3 Å². The van der Waals surface area contributed by atoms with Crippen molar-refractivity contribution in [2.45, 2.75) is 213 Å². The number of ether oxygens (including phenoxy) is 2. The highest BCUT2D eigenvalue weighted by Gasteiger charge is 2.26. The maximum absolute atomic E-state index is 12.6. The molecule has 0 aliphatic carbocycles. The third-order valence-corrected chi connectivity index (χ3v) is 10.7. The Morgan fingerprint density at radius 2 is 0.902 bits per heavy atom. The Morgan fingerprint density at radius 3 is 1.29 bits per heavy atom. The fourth-order valence-electron chi connectivity index (χ4n) is 6.26. The van der Waals surface area contributed by atoms with E-state index in [2.05, 4.69) is 13.8 Å². The number of nitrogens with zero attached hydrogens (tertiary/aromatic N) is 1. The van der Waals surface area contributed by atoms with Gasteiger partial charge in [0.05, 0.1) is 34.4 Å². The molecule has 0 saturated heterocycles. The predicted molar refractivity (Wildman–Crippen MR) is 215 cm³/mol. The molecule has 51 heavy (non-hydrogen) atoms. The number of carbonyl (C=O) groups excluding carboxylic acids is 1. The molecule has 0 rings (SSSR count). The minimum absolute atomic E-state index is 0.0935. The van der Waals surface area contributed by atoms with E-state index in [1.54, 1.807) is 0 Å². The lowest BCUT2D eigenvalue weighted by molar-refractivity contribution is -0.870. The summed E-state index contributed by atoms with van der Waals surface area (Å²) in [5.41, 5.74) is 0. The first kappa shape index (κ1) is 50.5. The number of rotatable bonds is 41. The van der Waals surface area contributed by atoms with Gasteiger partial charge in [-0.25, -0.2) is 4.57 Å². The molecule has 0 fully saturated rings. The third kappa shape index (κ3) is 40.5. The van der Waals surface area contributed by atoms with Crippen LogP contribution in [0.1, 0.15) is 206 Å². The first-order chi connectivity index (χ1) is 24.6. The van der Waals surface area contributed by atoms with Gasteiger partial charge in [0.25, 0.3) is 0 Å². The van der Waals surface area contributed by atoms with Crippen LogP contribution in [0.5, 0.6) is 0 Å². The number of quaternary nitrogens is 1. The van der Waals surface area contributed by atoms with Crippen molar-refractivity contribution >= 4 is 13.8 Å². The van der Waals surface area contributed by atoms with Crippen molar-refractivity contribution in [1.82, 2.24) is 0 Å². The smallest absolute Gasteiger partial charge is 0.457 e. The Hall–Kier alpha value is -0.500. The molecule has 306 valence electrons. The second kappa shape index (κ2) is 36.5. The monoisotopic (exact) mass is 749 g/mol. The summed E-state index contributed by atoms with van der Waals surface area (Å²) in [7, 11) is 1.68. The Morgan fingerprint density at radius 1 is 0.529 bits per heavy atom. The van der Waals surface area contributed by atoms with Crippen LogP contribution in [0.15, 0.2) is 0 Å². The fourth-order valence-corrected chi connectivity index (χ4v) is 7.00. The average Bonchev–Trinajstić information content (AvgIpc) is 3.08. The highest BCUT2D eigenvalue weighted by Crippen LogP contribution is 2.43. The number of unbranched alkanes of at least 4 members (excludes halogenated alkanes) is 27. The van der Waals surface area contributed by atoms with E-state index in [-0.39, 0.29) is 25.8 Å². The van der Waals surface area contributed by atoms with Crippen LogP contribution < -0.4 is 0 Å². The second-order valence-electron chi connectivity index (χ2n) is 16.1. The molecule has 9 heteroatoms. The summed E-state index contributed by atoms with van der Waals surface area (Å²) in [6, 6.07) is 0. The van der Waals surface area contributed by atoms with Crippen LogP contribution in [0.3, 0.4) is 0 Å². The summed E-state index contributed by atoms with van der Waals surface area (Å²) in [6.07, 6.45) is 37.1. The zero-order chi connectivity index (χ0) is 37.7. The number of carbonyl (C=O) groups is 1. The molecule has 0 aliphatic heterocycles. The summed E-state index contributed by atoms with van der Waals surface area (Å²) < 4.78 is 34.9. The second-order valence-corrected chi connectivity index (χ2v) is 17.5. The molecule has 0 bridgehead atoms. The lowest BCUT2D eigenvalue weighted by atomic mass is 10.0. The van der Waals surface area contributed by atoms with Gasteiger partial charge in [0, 0.05) is 13.0 Å². The van der Waals surface area contributed by atoms with Crippen molar-refractivity contribution in [2.24, 2.45) is 0 Å². The fraction of sp³-hybridized carbons (Fsp3) is 0.976. The molecule has 0 amide bonds. The summed E-state index contributed by atoms with van der Waals surface area (Å²) in [6.45, 7) is 5.65. The van der Waals surface area contributed by atoms with E-state index < -0.39 is 13.9 Å². The molecule has 0 aromatic heterocycles. The Balaban J connectivity index is 4.07. The van der Waals surface area contributed by atoms with Crippen LogP contribution in [0.4, 0.5) is 0 Å². The van der Waals surface area contributed by atoms with E-state index in [4.69, 9.17) is 18.5 Å². The van der Waals surface area contributed by atoms with Gasteiger partial charge in [0.1, 0.15) is 19.3 Å². The lowest BCUT2D eigenvalue weighted by Crippen LogP contribution is -2.37. The van der Waals surface area contributed by atoms with Crippen molar-refractivity contribution in [1.29, 1.82) is 0 Å². The van der Waals surface area contributed by atoms with E-state index in [1.807, 2.05) is 21.1 Å². The van der Waals surface area contributed by atoms with Gasteiger partial charge in [-0.1, -0.05) is 187 Å². The molecule has 0 aliphatic rings. The molecule has 1 N–H and O–H groups in total. The lowest BCUT2D eigenvalue weighted by Gasteiger charge is -2.24. The molecule has 0 aromatic carbocycles. The minimum Gasteiger partial charge on any atom is -0.457 e. The molecular weight excluding hydrogens is 661 g/mol. The van der Waals surface area contributed by atoms with Crippen molar-refractivity contribution in [3.05, 3.63) is 0 Å². The zero-order valence-electron chi connectivity index (χ0n) is 34.6. The van der Waals surface area contributed by atoms with Gasteiger partial charge in [-0.2, -0.15) is 0 Å². The van der Waals surface area contributed by atoms with Crippen molar-refractivity contribution in [3.8, 4) is 0 Å². The molecule has 0 radical (unpaired) electrons. The van der Waals surface area contributed by atoms with Gasteiger partial charge < -0.3 is 18.9 Å². The Bertz CT molecular complexity index is 792. The van der Waals surface area contributed by atoms with Crippen LogP contribution >= 0.6 is 7.82 Å². The largest absolute Gasteiger partial charge is 0.472 e. The molecule has 2 atom stereocenters. The summed E-state index contributed by atoms with van der Waals surface area (Å²) in [5, 5.41) is 0. The third-order valence-electron chi connectivity index (χ3n) is 9.67. The van der Waals surface area contributed by atoms with Crippen LogP contribution in [-0.4, -0.2) is 75.6 Å². The maximum Gasteiger partial charge on any atom is 0.472 e. The first-order valence-corrected chi connectivity index (χ1v) is 23.3. The number of hydrogen-bond acceptors (Lipinski definition) is 6. The molecule has 0 aromatic rings. The minimum atomic E-state index is -4.26. The maximum atomic E-state index is 12.6. The number of phosphoric ester groups is 1. The quantitative estimate of drug-likeness (QED) is 0.0288. The summed E-state index contributed by atoms with van der Waals surface area (Å²) >= 11 is 0. The normalized spacial score (nSPS) is 13.8. The molecule has 0 heterocycles. The molecular formula is C42H87NO7P+. The first-order valence-electron chi connectivity index (χ1n) is 21.8. The predicted octanol–water partition coefficient (Wildman–Crippen LogP) is 12.5. The number of esters is 1. The van der Waals surface area contributed by atoms with Gasteiger partial charge >= 0.3 is 13.8 Å². The molecule has 0 spiro atoms. The SMILES string of the molecule is CCCCCCCCCCCCCCCCCCCCCCOCC(COP(=O)(O)OCC[N+](C)(C)C)OC(=O)CCCCCCCCCCC. The summed E-state index contributed by atoms with van der Waals surface area (Å²) in [5.74, 6) is -0.312. The standard InChI is InChI=1S/C42H86NO7P/c1-6-8-10-12-14-16-17-18-19-20-21-22-23-24-25-26-28-30-32-34-37-47-39-41(40-49-51(45,46)48-38-36-43(3,4)5)50-42(44)35-33-31-29-27-15-13-11-9-7-2/h41H,6-40H2,1-5H3/p+1. The molecule has 2 unspecified atom stereocenters. The van der Waals surface area contributed by atoms with Gasteiger partial charge in [0.15, 0.2) is 0 Å².